The van der Waals surface area contributed by atoms with Crippen LogP contribution in [0.1, 0.15) is 13.8 Å². The predicted molar refractivity (Wildman–Crippen MR) is 43.0 cm³/mol. The molecule has 0 aliphatic carbocycles. The summed E-state index contributed by atoms with van der Waals surface area (Å²) in [7, 11) is 0. The number of esters is 1. The third kappa shape index (κ3) is 4.98. The van der Waals surface area contributed by atoms with Crippen molar-refractivity contribution in [1.82, 2.24) is 0 Å². The van der Waals surface area contributed by atoms with Crippen molar-refractivity contribution in [3.05, 3.63) is 0 Å². The molecule has 0 radical (unpaired) electrons. The number of Topliss-reactive ketones (excluding diaryl/α,β-unsaturated/α-hetero) is 1. The fraction of sp³-hybridized carbons (Fsp3) is 0.714. The fourth-order valence-corrected chi connectivity index (χ4v) is 0.965. The Balaban J connectivity index is 0. The van der Waals surface area contributed by atoms with Crippen LogP contribution >= 0.6 is 0 Å². The first-order chi connectivity index (χ1) is 5.13. The molecule has 0 fully saturated rings. The Bertz CT molecular complexity index is 161. The van der Waals surface area contributed by atoms with Gasteiger partial charge in [0.15, 0.2) is 0 Å². The summed E-state index contributed by atoms with van der Waals surface area (Å²) >= 11 is 4.62. The molecule has 74 valence electrons. The van der Waals surface area contributed by atoms with Gasteiger partial charge in [0.25, 0.3) is 0 Å². The number of carbonyl (C=O) groups excluding carboxylic acids is 2. The van der Waals surface area contributed by atoms with Crippen molar-refractivity contribution in [1.29, 1.82) is 0 Å². The van der Waals surface area contributed by atoms with Gasteiger partial charge >= 0.3 is 28.3 Å². The zero-order chi connectivity index (χ0) is 8.85. The molecule has 0 aromatic heterocycles. The van der Waals surface area contributed by atoms with Crippen molar-refractivity contribution in [2.24, 2.45) is 5.92 Å². The van der Waals surface area contributed by atoms with Crippen molar-refractivity contribution >= 4 is 24.4 Å². The summed E-state index contributed by atoms with van der Waals surface area (Å²) in [5, 5.41) is 0. The second kappa shape index (κ2) is 7.86. The maximum Gasteiger partial charge on any atom is 1.00 e. The summed E-state index contributed by atoms with van der Waals surface area (Å²) in [6.07, 6.45) is 0. The SMILES string of the molecule is CCOC(=O)C(C[S-])C(C)=O.[Au+]. The standard InChI is InChI=1S/C7H12O3S.Au/c1-3-10-7(9)6(4-11)5(2)8;/h6,11H,3-4H2,1-2H3;/q;+1/p-1. The minimum absolute atomic E-state index is 0. The quantitative estimate of drug-likeness (QED) is 0.308. The summed E-state index contributed by atoms with van der Waals surface area (Å²) in [4.78, 5) is 21.6. The molecule has 0 saturated carbocycles. The molecule has 0 aliphatic rings. The van der Waals surface area contributed by atoms with Gasteiger partial charge in [0.2, 0.25) is 0 Å². The van der Waals surface area contributed by atoms with E-state index in [1.54, 1.807) is 6.92 Å². The Hall–Kier alpha value is 0.230. The smallest absolute Gasteiger partial charge is 0.791 e. The van der Waals surface area contributed by atoms with Crippen LogP contribution in [0.15, 0.2) is 0 Å². The Morgan fingerprint density at radius 3 is 2.25 bits per heavy atom. The molecule has 3 nitrogen and oxygen atoms in total. The van der Waals surface area contributed by atoms with Crippen molar-refractivity contribution in [3.63, 3.8) is 0 Å². The molecule has 1 atom stereocenters. The zero-order valence-corrected chi connectivity index (χ0v) is 9.91. The van der Waals surface area contributed by atoms with E-state index in [1.165, 1.54) is 6.92 Å². The summed E-state index contributed by atoms with van der Waals surface area (Å²) < 4.78 is 4.63. The monoisotopic (exact) mass is 372 g/mol. The third-order valence-electron chi connectivity index (χ3n) is 1.23. The van der Waals surface area contributed by atoms with Gasteiger partial charge < -0.3 is 17.4 Å². The first kappa shape index (κ1) is 14.7. The molecule has 0 bridgehead atoms. The minimum atomic E-state index is -0.745. The van der Waals surface area contributed by atoms with E-state index in [-0.39, 0.29) is 40.5 Å². The second-order valence-corrected chi connectivity index (χ2v) is 2.42. The molecular weight excluding hydrogens is 361 g/mol. The summed E-state index contributed by atoms with van der Waals surface area (Å²) in [6, 6.07) is 0. The molecule has 1 unspecified atom stereocenters. The van der Waals surface area contributed by atoms with Gasteiger partial charge in [-0.15, -0.1) is 0 Å². The summed E-state index contributed by atoms with van der Waals surface area (Å²) in [5.74, 6) is -1.37. The van der Waals surface area contributed by atoms with Crippen molar-refractivity contribution < 1.29 is 36.7 Å². The van der Waals surface area contributed by atoms with Gasteiger partial charge in [-0.25, -0.2) is 0 Å². The van der Waals surface area contributed by atoms with E-state index >= 15 is 0 Å². The number of ether oxygens (including phenoxy) is 1. The molecule has 0 rings (SSSR count). The van der Waals surface area contributed by atoms with Crippen molar-refractivity contribution in [3.8, 4) is 0 Å². The number of rotatable bonds is 4. The molecule has 0 aromatic carbocycles. The second-order valence-electron chi connectivity index (χ2n) is 2.08. The van der Waals surface area contributed by atoms with Gasteiger partial charge in [0, 0.05) is 0 Å². The summed E-state index contributed by atoms with van der Waals surface area (Å²) in [6.45, 7) is 3.32. The number of carbonyl (C=O) groups is 2. The Kier molecular flexibility index (Phi) is 9.65. The molecular formula is C7H11AuO3S. The number of hydrogen-bond acceptors (Lipinski definition) is 4. The molecule has 0 amide bonds. The molecule has 5 heteroatoms. The van der Waals surface area contributed by atoms with E-state index in [0.29, 0.717) is 0 Å². The van der Waals surface area contributed by atoms with E-state index in [9.17, 15) is 9.59 Å². The fourth-order valence-electron chi connectivity index (χ4n) is 0.594. The average molecular weight is 372 g/mol. The van der Waals surface area contributed by atoms with Crippen molar-refractivity contribution in [2.45, 2.75) is 13.8 Å². The van der Waals surface area contributed by atoms with Crippen LogP contribution in [-0.4, -0.2) is 24.1 Å². The van der Waals surface area contributed by atoms with Gasteiger partial charge in [-0.3, -0.25) is 9.59 Å². The van der Waals surface area contributed by atoms with Gasteiger partial charge in [0.05, 0.1) is 12.5 Å². The summed E-state index contributed by atoms with van der Waals surface area (Å²) in [5.41, 5.74) is 0. The van der Waals surface area contributed by atoms with Crippen LogP contribution in [-0.2, 0) is 49.3 Å². The van der Waals surface area contributed by atoms with E-state index < -0.39 is 11.9 Å². The Morgan fingerprint density at radius 1 is 1.50 bits per heavy atom. The predicted octanol–water partition coefficient (Wildman–Crippen LogP) is 0.299. The molecule has 0 N–H and O–H groups in total. The number of ketones is 1. The van der Waals surface area contributed by atoms with Gasteiger partial charge in [-0.05, 0) is 13.8 Å². The van der Waals surface area contributed by atoms with Crippen LogP contribution in [0.4, 0.5) is 0 Å². The van der Waals surface area contributed by atoms with Gasteiger partial charge in [-0.2, -0.15) is 5.75 Å². The Labute approximate surface area is 93.2 Å². The van der Waals surface area contributed by atoms with Crippen LogP contribution in [0.2, 0.25) is 0 Å². The first-order valence-corrected chi connectivity index (χ1v) is 3.96. The first-order valence-electron chi connectivity index (χ1n) is 3.38. The molecule has 0 spiro atoms. The largest absolute Gasteiger partial charge is 1.00 e. The molecule has 0 aliphatic heterocycles. The van der Waals surface area contributed by atoms with Crippen LogP contribution in [0, 0.1) is 5.92 Å². The maximum atomic E-state index is 10.9. The van der Waals surface area contributed by atoms with E-state index in [0.717, 1.165) is 0 Å². The zero-order valence-electron chi connectivity index (χ0n) is 6.93. The van der Waals surface area contributed by atoms with E-state index in [2.05, 4.69) is 17.4 Å². The molecule has 12 heavy (non-hydrogen) atoms. The number of hydrogen-bond donors (Lipinski definition) is 0. The van der Waals surface area contributed by atoms with Crippen molar-refractivity contribution in [2.75, 3.05) is 12.4 Å². The molecule has 0 aromatic rings. The van der Waals surface area contributed by atoms with Crippen LogP contribution in [0.5, 0.6) is 0 Å². The van der Waals surface area contributed by atoms with Gasteiger partial charge in [0.1, 0.15) is 5.78 Å². The normalized spacial score (nSPS) is 11.2. The van der Waals surface area contributed by atoms with Gasteiger partial charge in [-0.1, -0.05) is 0 Å². The van der Waals surface area contributed by atoms with Crippen LogP contribution in [0.25, 0.3) is 0 Å². The Morgan fingerprint density at radius 2 is 2.00 bits per heavy atom. The average Bonchev–Trinajstić information content (AvgIpc) is 1.88. The minimum Gasteiger partial charge on any atom is -0.791 e. The van der Waals surface area contributed by atoms with Crippen LogP contribution in [0.3, 0.4) is 0 Å². The van der Waals surface area contributed by atoms with Crippen LogP contribution < -0.4 is 0 Å². The third-order valence-corrected chi connectivity index (χ3v) is 1.56. The van der Waals surface area contributed by atoms with E-state index in [4.69, 9.17) is 0 Å². The van der Waals surface area contributed by atoms with E-state index in [1.807, 2.05) is 0 Å². The topological polar surface area (TPSA) is 43.4 Å². The maximum absolute atomic E-state index is 10.9. The molecule has 0 saturated heterocycles. The molecule has 0 heterocycles.